The normalized spacial score (nSPS) is 10.5. The van der Waals surface area contributed by atoms with E-state index in [1.807, 2.05) is 60.7 Å². The lowest BCUT2D eigenvalue weighted by atomic mass is 10.1. The highest BCUT2D eigenvalue weighted by molar-refractivity contribution is 5.82. The fraction of sp³-hybridized carbons (Fsp3) is 0. The number of nitrogens with zero attached hydrogens (tertiary/aromatic N) is 5. The van der Waals surface area contributed by atoms with Gasteiger partial charge in [0.25, 0.3) is 0 Å². The Hall–Kier alpha value is -3.78. The lowest BCUT2D eigenvalue weighted by molar-refractivity contribution is 0.974. The molecule has 0 aliphatic heterocycles. The first kappa shape index (κ1) is 15.7. The predicted molar refractivity (Wildman–Crippen MR) is 99.9 cm³/mol. The minimum Gasteiger partial charge on any atom is -0.324 e. The Morgan fingerprint density at radius 1 is 0.808 bits per heavy atom. The van der Waals surface area contributed by atoms with Crippen molar-refractivity contribution in [3.05, 3.63) is 73.3 Å². The third-order valence-electron chi connectivity index (χ3n) is 3.78. The second kappa shape index (κ2) is 6.99. The molecule has 0 radical (unpaired) electrons. The number of nitrogen functional groups attached to an aromatic ring is 1. The molecule has 26 heavy (non-hydrogen) atoms. The van der Waals surface area contributed by atoms with Gasteiger partial charge in [0.2, 0.25) is 5.95 Å². The number of rotatable bonds is 5. The number of hydrogen-bond donors (Lipinski definition) is 3. The molecule has 0 saturated heterocycles. The maximum atomic E-state index is 5.76. The Bertz CT molecular complexity index is 985. The second-order valence-electron chi connectivity index (χ2n) is 5.46. The van der Waals surface area contributed by atoms with Gasteiger partial charge in [-0.1, -0.05) is 48.5 Å². The van der Waals surface area contributed by atoms with E-state index in [2.05, 4.69) is 30.9 Å². The molecule has 0 saturated carbocycles. The third-order valence-corrected chi connectivity index (χ3v) is 3.78. The number of nitrogens with one attached hydrogen (secondary N) is 2. The quantitative estimate of drug-likeness (QED) is 0.377. The van der Waals surface area contributed by atoms with Gasteiger partial charge in [-0.05, 0) is 17.7 Å². The molecule has 0 atom stereocenters. The summed E-state index contributed by atoms with van der Waals surface area (Å²) in [6.45, 7) is 0. The Morgan fingerprint density at radius 3 is 2.12 bits per heavy atom. The van der Waals surface area contributed by atoms with E-state index in [1.165, 1.54) is 0 Å². The molecular weight excluding hydrogens is 328 g/mol. The summed E-state index contributed by atoms with van der Waals surface area (Å²) < 4.78 is 1.72. The zero-order valence-electron chi connectivity index (χ0n) is 13.7. The van der Waals surface area contributed by atoms with Crippen LogP contribution in [0.5, 0.6) is 0 Å². The maximum Gasteiger partial charge on any atom is 0.231 e. The molecule has 128 valence electrons. The summed E-state index contributed by atoms with van der Waals surface area (Å²) in [4.78, 5) is 9.18. The molecule has 2 heterocycles. The van der Waals surface area contributed by atoms with Crippen LogP contribution in [0.3, 0.4) is 0 Å². The molecule has 0 aliphatic rings. The van der Waals surface area contributed by atoms with Gasteiger partial charge in [-0.15, -0.1) is 10.2 Å². The summed E-state index contributed by atoms with van der Waals surface area (Å²) in [5.41, 5.74) is 5.23. The Kier molecular flexibility index (Phi) is 4.23. The summed E-state index contributed by atoms with van der Waals surface area (Å²) >= 11 is 0. The van der Waals surface area contributed by atoms with Gasteiger partial charge >= 0.3 is 0 Å². The molecule has 0 aliphatic carbocycles. The molecule has 0 spiro atoms. The lowest BCUT2D eigenvalue weighted by Crippen LogP contribution is -2.14. The molecule has 4 aromatic rings. The molecule has 0 amide bonds. The van der Waals surface area contributed by atoms with Crippen molar-refractivity contribution < 1.29 is 0 Å². The van der Waals surface area contributed by atoms with Crippen molar-refractivity contribution in [3.8, 4) is 16.9 Å². The topological polar surface area (TPSA) is 107 Å². The van der Waals surface area contributed by atoms with Gasteiger partial charge in [0, 0.05) is 5.69 Å². The van der Waals surface area contributed by atoms with E-state index in [-0.39, 0.29) is 0 Å². The van der Waals surface area contributed by atoms with Crippen LogP contribution < -0.4 is 16.6 Å². The van der Waals surface area contributed by atoms with Gasteiger partial charge in [-0.25, -0.2) is 5.84 Å². The fourth-order valence-electron chi connectivity index (χ4n) is 2.63. The summed E-state index contributed by atoms with van der Waals surface area (Å²) in [6.07, 6.45) is 3.17. The van der Waals surface area contributed by atoms with Crippen LogP contribution in [0.2, 0.25) is 0 Å². The predicted octanol–water partition coefficient (Wildman–Crippen LogP) is 2.75. The van der Waals surface area contributed by atoms with Crippen molar-refractivity contribution in [2.24, 2.45) is 5.84 Å². The molecule has 8 nitrogen and oxygen atoms in total. The van der Waals surface area contributed by atoms with Gasteiger partial charge in [0.05, 0.1) is 5.56 Å². The van der Waals surface area contributed by atoms with Crippen molar-refractivity contribution in [2.75, 3.05) is 10.7 Å². The Morgan fingerprint density at radius 2 is 1.46 bits per heavy atom. The number of para-hydroxylation sites is 1. The molecule has 2 aromatic carbocycles. The average Bonchev–Trinajstić information content (AvgIpc) is 3.23. The molecule has 0 bridgehead atoms. The van der Waals surface area contributed by atoms with E-state index in [0.29, 0.717) is 17.6 Å². The van der Waals surface area contributed by atoms with Crippen LogP contribution in [0, 0.1) is 0 Å². The van der Waals surface area contributed by atoms with Crippen molar-refractivity contribution in [3.63, 3.8) is 0 Å². The van der Waals surface area contributed by atoms with Gasteiger partial charge in [-0.2, -0.15) is 9.97 Å². The van der Waals surface area contributed by atoms with Crippen LogP contribution in [-0.2, 0) is 0 Å². The van der Waals surface area contributed by atoms with E-state index < -0.39 is 0 Å². The summed E-state index contributed by atoms with van der Waals surface area (Å²) in [5.74, 6) is 7.28. The van der Waals surface area contributed by atoms with Crippen LogP contribution in [-0.4, -0.2) is 24.7 Å². The minimum absolute atomic E-state index is 0.410. The monoisotopic (exact) mass is 344 g/mol. The zero-order valence-corrected chi connectivity index (χ0v) is 13.7. The van der Waals surface area contributed by atoms with Crippen LogP contribution in [0.15, 0.2) is 73.3 Å². The van der Waals surface area contributed by atoms with Crippen molar-refractivity contribution >= 4 is 17.5 Å². The first-order chi connectivity index (χ1) is 12.8. The first-order valence-electron chi connectivity index (χ1n) is 7.96. The van der Waals surface area contributed by atoms with E-state index >= 15 is 0 Å². The number of aromatic nitrogens is 5. The second-order valence-corrected chi connectivity index (χ2v) is 5.46. The van der Waals surface area contributed by atoms with E-state index in [1.54, 1.807) is 17.2 Å². The van der Waals surface area contributed by atoms with E-state index in [9.17, 15) is 0 Å². The number of hydrogen-bond acceptors (Lipinski definition) is 7. The molecular formula is C18H16N8. The van der Waals surface area contributed by atoms with Crippen LogP contribution in [0.1, 0.15) is 0 Å². The standard InChI is InChI=1S/C18H16N8/c19-25-16-15(13-7-3-1-4-8-13)17(26-11-20-21-12-26)24-18(23-16)22-14-9-5-2-6-10-14/h1-12H,19H2,(H2,22,23,24,25). The first-order valence-corrected chi connectivity index (χ1v) is 7.96. The Balaban J connectivity index is 1.88. The van der Waals surface area contributed by atoms with E-state index in [4.69, 9.17) is 5.84 Å². The van der Waals surface area contributed by atoms with Crippen LogP contribution >= 0.6 is 0 Å². The van der Waals surface area contributed by atoms with Gasteiger partial charge < -0.3 is 10.7 Å². The molecule has 4 N–H and O–H groups in total. The number of nitrogens with two attached hydrogens (primary N) is 1. The van der Waals surface area contributed by atoms with Crippen molar-refractivity contribution in [1.29, 1.82) is 0 Å². The van der Waals surface area contributed by atoms with Gasteiger partial charge in [-0.3, -0.25) is 4.57 Å². The molecule has 0 fully saturated rings. The van der Waals surface area contributed by atoms with E-state index in [0.717, 1.165) is 16.8 Å². The molecule has 0 unspecified atom stereocenters. The fourth-order valence-corrected chi connectivity index (χ4v) is 2.63. The summed E-state index contributed by atoms with van der Waals surface area (Å²) in [7, 11) is 0. The highest BCUT2D eigenvalue weighted by Crippen LogP contribution is 2.32. The van der Waals surface area contributed by atoms with Crippen LogP contribution in [0.4, 0.5) is 17.5 Å². The number of benzene rings is 2. The largest absolute Gasteiger partial charge is 0.324 e. The molecule has 8 heteroatoms. The SMILES string of the molecule is NNc1nc(Nc2ccccc2)nc(-n2cnnc2)c1-c1ccccc1. The highest BCUT2D eigenvalue weighted by Gasteiger charge is 2.17. The lowest BCUT2D eigenvalue weighted by Gasteiger charge is -2.15. The number of anilines is 3. The zero-order chi connectivity index (χ0) is 17.8. The molecule has 4 rings (SSSR count). The number of hydrazine groups is 1. The average molecular weight is 344 g/mol. The van der Waals surface area contributed by atoms with Crippen LogP contribution in [0.25, 0.3) is 16.9 Å². The third kappa shape index (κ3) is 3.08. The minimum atomic E-state index is 0.410. The smallest absolute Gasteiger partial charge is 0.231 e. The van der Waals surface area contributed by atoms with Gasteiger partial charge in [0.15, 0.2) is 11.6 Å². The maximum absolute atomic E-state index is 5.76. The van der Waals surface area contributed by atoms with Crippen molar-refractivity contribution in [2.45, 2.75) is 0 Å². The molecule has 2 aromatic heterocycles. The van der Waals surface area contributed by atoms with Gasteiger partial charge in [0.1, 0.15) is 12.7 Å². The summed E-state index contributed by atoms with van der Waals surface area (Å²) in [6, 6.07) is 19.5. The van der Waals surface area contributed by atoms with Crippen molar-refractivity contribution in [1.82, 2.24) is 24.7 Å². The Labute approximate surface area is 149 Å². The highest BCUT2D eigenvalue weighted by atomic mass is 15.3. The summed E-state index contributed by atoms with van der Waals surface area (Å²) in [5, 5.41) is 11.0.